The molecule has 0 aliphatic heterocycles. The van der Waals surface area contributed by atoms with Gasteiger partial charge in [0.15, 0.2) is 0 Å². The van der Waals surface area contributed by atoms with E-state index in [9.17, 15) is 4.79 Å². The van der Waals surface area contributed by atoms with Crippen LogP contribution in [0.25, 0.3) is 0 Å². The van der Waals surface area contributed by atoms with Crippen molar-refractivity contribution in [2.24, 2.45) is 0 Å². The fourth-order valence-electron chi connectivity index (χ4n) is 0.935. The largest absolute Gasteiger partial charge is 0.384 e. The van der Waals surface area contributed by atoms with Gasteiger partial charge in [0.2, 0.25) is 5.91 Å². The Morgan fingerprint density at radius 1 is 1.73 bits per heavy atom. The Morgan fingerprint density at radius 2 is 2.60 bits per heavy atom. The predicted octanol–water partition coefficient (Wildman–Crippen LogP) is 0.405. The van der Waals surface area contributed by atoms with Crippen LogP contribution in [0.4, 0.5) is 0 Å². The van der Waals surface area contributed by atoms with Gasteiger partial charge in [0.1, 0.15) is 5.82 Å². The smallest absolute Gasteiger partial charge is 0.230 e. The standard InChI is InChI=1S/C9H15N3O2S/c1-14-4-5-15-7-9(13)12-6-8-10-2-3-11-8/h2-3H,4-7H2,1H3,(H,10,11)(H,12,13). The first kappa shape index (κ1) is 12.1. The maximum atomic E-state index is 11.3. The zero-order valence-electron chi connectivity index (χ0n) is 8.66. The van der Waals surface area contributed by atoms with Crippen LogP contribution < -0.4 is 5.32 Å². The second-order valence-corrected chi connectivity index (χ2v) is 3.96. The molecule has 1 rings (SSSR count). The van der Waals surface area contributed by atoms with Crippen LogP contribution in [0.2, 0.25) is 0 Å². The molecule has 0 aromatic carbocycles. The molecule has 0 aliphatic carbocycles. The van der Waals surface area contributed by atoms with Crippen LogP contribution in [0.15, 0.2) is 12.4 Å². The van der Waals surface area contributed by atoms with Gasteiger partial charge < -0.3 is 15.0 Å². The lowest BCUT2D eigenvalue weighted by molar-refractivity contribution is -0.118. The van der Waals surface area contributed by atoms with Crippen LogP contribution in [-0.4, -0.2) is 41.1 Å². The average Bonchev–Trinajstić information content (AvgIpc) is 2.74. The Hall–Kier alpha value is -1.01. The van der Waals surface area contributed by atoms with Crippen LogP contribution >= 0.6 is 11.8 Å². The minimum atomic E-state index is 0.0208. The number of H-pyrrole nitrogens is 1. The molecule has 0 bridgehead atoms. The number of amides is 1. The van der Waals surface area contributed by atoms with E-state index in [4.69, 9.17) is 4.74 Å². The molecule has 0 saturated heterocycles. The number of carbonyl (C=O) groups excluding carboxylic acids is 1. The summed E-state index contributed by atoms with van der Waals surface area (Å²) in [7, 11) is 1.65. The van der Waals surface area contributed by atoms with E-state index in [2.05, 4.69) is 15.3 Å². The van der Waals surface area contributed by atoms with Crippen LogP contribution in [-0.2, 0) is 16.1 Å². The van der Waals surface area contributed by atoms with Crippen molar-refractivity contribution in [1.29, 1.82) is 0 Å². The summed E-state index contributed by atoms with van der Waals surface area (Å²) in [5.74, 6) is 2.09. The third-order valence-electron chi connectivity index (χ3n) is 1.67. The first-order valence-corrected chi connectivity index (χ1v) is 5.80. The van der Waals surface area contributed by atoms with Crippen LogP contribution in [0.1, 0.15) is 5.82 Å². The van der Waals surface area contributed by atoms with Gasteiger partial charge in [-0.15, -0.1) is 11.8 Å². The van der Waals surface area contributed by atoms with E-state index in [0.29, 0.717) is 18.9 Å². The third kappa shape index (κ3) is 5.44. The molecule has 0 spiro atoms. The highest BCUT2D eigenvalue weighted by atomic mass is 32.2. The van der Waals surface area contributed by atoms with Crippen LogP contribution in [0, 0.1) is 0 Å². The molecule has 1 heterocycles. The zero-order valence-corrected chi connectivity index (χ0v) is 9.47. The Labute approximate surface area is 93.0 Å². The highest BCUT2D eigenvalue weighted by molar-refractivity contribution is 7.99. The lowest BCUT2D eigenvalue weighted by Gasteiger charge is -2.02. The first-order valence-electron chi connectivity index (χ1n) is 4.64. The highest BCUT2D eigenvalue weighted by Crippen LogP contribution is 1.98. The van der Waals surface area contributed by atoms with Crippen molar-refractivity contribution >= 4 is 17.7 Å². The Bertz CT molecular complexity index is 277. The van der Waals surface area contributed by atoms with E-state index in [0.717, 1.165) is 11.6 Å². The maximum Gasteiger partial charge on any atom is 0.230 e. The molecule has 1 aromatic heterocycles. The molecule has 84 valence electrons. The van der Waals surface area contributed by atoms with Crippen molar-refractivity contribution in [3.63, 3.8) is 0 Å². The Morgan fingerprint density at radius 3 is 3.27 bits per heavy atom. The summed E-state index contributed by atoms with van der Waals surface area (Å²) in [5.41, 5.74) is 0. The lowest BCUT2D eigenvalue weighted by atomic mass is 10.5. The number of nitrogens with zero attached hydrogens (tertiary/aromatic N) is 1. The summed E-state index contributed by atoms with van der Waals surface area (Å²) < 4.78 is 4.87. The molecule has 1 amide bonds. The summed E-state index contributed by atoms with van der Waals surface area (Å²) in [6.45, 7) is 1.13. The number of hydrogen-bond acceptors (Lipinski definition) is 4. The van der Waals surface area contributed by atoms with Gasteiger partial charge >= 0.3 is 0 Å². The zero-order chi connectivity index (χ0) is 10.9. The normalized spacial score (nSPS) is 10.2. The summed E-state index contributed by atoms with van der Waals surface area (Å²) in [6, 6.07) is 0. The number of aromatic amines is 1. The number of nitrogens with one attached hydrogen (secondary N) is 2. The SMILES string of the molecule is COCCSCC(=O)NCc1ncc[nH]1. The van der Waals surface area contributed by atoms with Crippen molar-refractivity contribution in [1.82, 2.24) is 15.3 Å². The lowest BCUT2D eigenvalue weighted by Crippen LogP contribution is -2.25. The number of imidazole rings is 1. The molecule has 0 unspecified atom stereocenters. The Balaban J connectivity index is 2.04. The van der Waals surface area contributed by atoms with Gasteiger partial charge in [0.25, 0.3) is 0 Å². The number of aromatic nitrogens is 2. The van der Waals surface area contributed by atoms with Crippen molar-refractivity contribution in [2.75, 3.05) is 25.2 Å². The summed E-state index contributed by atoms with van der Waals surface area (Å²) in [5, 5.41) is 2.77. The molecular weight excluding hydrogens is 214 g/mol. The minimum Gasteiger partial charge on any atom is -0.384 e. The second-order valence-electron chi connectivity index (χ2n) is 2.86. The number of ether oxygens (including phenoxy) is 1. The van der Waals surface area contributed by atoms with Gasteiger partial charge in [-0.3, -0.25) is 4.79 Å². The summed E-state index contributed by atoms with van der Waals surface area (Å²) >= 11 is 1.56. The second kappa shape index (κ2) is 7.30. The molecular formula is C9H15N3O2S. The van der Waals surface area contributed by atoms with Gasteiger partial charge in [0, 0.05) is 25.3 Å². The van der Waals surface area contributed by atoms with E-state index in [1.54, 1.807) is 31.3 Å². The monoisotopic (exact) mass is 229 g/mol. The van der Waals surface area contributed by atoms with Gasteiger partial charge in [-0.05, 0) is 0 Å². The van der Waals surface area contributed by atoms with Gasteiger partial charge in [0.05, 0.1) is 18.9 Å². The van der Waals surface area contributed by atoms with Crippen LogP contribution in [0.5, 0.6) is 0 Å². The van der Waals surface area contributed by atoms with Crippen molar-refractivity contribution in [2.45, 2.75) is 6.54 Å². The molecule has 5 nitrogen and oxygen atoms in total. The van der Waals surface area contributed by atoms with Crippen LogP contribution in [0.3, 0.4) is 0 Å². The van der Waals surface area contributed by atoms with Crippen molar-refractivity contribution < 1.29 is 9.53 Å². The van der Waals surface area contributed by atoms with Gasteiger partial charge in [-0.25, -0.2) is 4.98 Å². The number of methoxy groups -OCH3 is 1. The number of thioether (sulfide) groups is 1. The minimum absolute atomic E-state index is 0.0208. The summed E-state index contributed by atoms with van der Waals surface area (Å²) in [4.78, 5) is 18.2. The number of hydrogen-bond donors (Lipinski definition) is 2. The van der Waals surface area contributed by atoms with E-state index in [1.165, 1.54) is 0 Å². The molecule has 6 heteroatoms. The molecule has 2 N–H and O–H groups in total. The van der Waals surface area contributed by atoms with E-state index >= 15 is 0 Å². The number of rotatable bonds is 7. The average molecular weight is 229 g/mol. The number of carbonyl (C=O) groups is 1. The topological polar surface area (TPSA) is 67.0 Å². The Kier molecular flexibility index (Phi) is 5.87. The van der Waals surface area contributed by atoms with Gasteiger partial charge in [-0.2, -0.15) is 0 Å². The van der Waals surface area contributed by atoms with Gasteiger partial charge in [-0.1, -0.05) is 0 Å². The van der Waals surface area contributed by atoms with E-state index in [1.807, 2.05) is 0 Å². The third-order valence-corrected chi connectivity index (χ3v) is 2.59. The van der Waals surface area contributed by atoms with Crippen molar-refractivity contribution in [3.8, 4) is 0 Å². The molecule has 0 radical (unpaired) electrons. The van der Waals surface area contributed by atoms with E-state index < -0.39 is 0 Å². The molecule has 1 aromatic rings. The maximum absolute atomic E-state index is 11.3. The van der Waals surface area contributed by atoms with Crippen molar-refractivity contribution in [3.05, 3.63) is 18.2 Å². The fraction of sp³-hybridized carbons (Fsp3) is 0.556. The summed E-state index contributed by atoms with van der Waals surface area (Å²) in [6.07, 6.45) is 3.39. The highest BCUT2D eigenvalue weighted by Gasteiger charge is 2.01. The molecule has 0 saturated carbocycles. The predicted molar refractivity (Wildman–Crippen MR) is 59.6 cm³/mol. The molecule has 0 atom stereocenters. The fourth-order valence-corrected chi connectivity index (χ4v) is 1.65. The van der Waals surface area contributed by atoms with E-state index in [-0.39, 0.29) is 5.91 Å². The molecule has 15 heavy (non-hydrogen) atoms. The molecule has 0 aliphatic rings. The molecule has 0 fully saturated rings. The quantitative estimate of drug-likeness (QED) is 0.664. The first-order chi connectivity index (χ1) is 7.33.